The molecule has 1 fully saturated rings. The Hall–Kier alpha value is -3.40. The topological polar surface area (TPSA) is 49.4 Å². The molecule has 0 spiro atoms. The molecule has 1 saturated heterocycles. The molecule has 2 amide bonds. The predicted molar refractivity (Wildman–Crippen MR) is 114 cm³/mol. The molecule has 1 aliphatic heterocycles. The summed E-state index contributed by atoms with van der Waals surface area (Å²) >= 11 is 0. The average molecular weight is 370 g/mol. The standard InChI is InChI=1S/C24H22N2O2/c1-17-16-20(12-13-22(17)26-15-5-10-24(26)28)25-23(27)14-11-19-8-4-7-18-6-2-3-9-21(18)19/h2-4,6-9,11-14,16H,5,10,15H2,1H3,(H,25,27)/b14-11+. The minimum absolute atomic E-state index is 0.165. The number of hydrogen-bond acceptors (Lipinski definition) is 2. The number of anilines is 2. The van der Waals surface area contributed by atoms with E-state index in [1.54, 1.807) is 6.08 Å². The molecule has 3 aromatic carbocycles. The van der Waals surface area contributed by atoms with Crippen LogP contribution in [0.3, 0.4) is 0 Å². The predicted octanol–water partition coefficient (Wildman–Crippen LogP) is 4.93. The molecule has 0 bridgehead atoms. The molecule has 0 radical (unpaired) electrons. The van der Waals surface area contributed by atoms with Gasteiger partial charge in [0.05, 0.1) is 0 Å². The van der Waals surface area contributed by atoms with Crippen LogP contribution in [-0.2, 0) is 9.59 Å². The second-order valence-electron chi connectivity index (χ2n) is 7.04. The molecule has 4 nitrogen and oxygen atoms in total. The highest BCUT2D eigenvalue weighted by molar-refractivity contribution is 6.04. The fourth-order valence-electron chi connectivity index (χ4n) is 3.68. The van der Waals surface area contributed by atoms with Crippen molar-refractivity contribution in [3.63, 3.8) is 0 Å². The number of carbonyl (C=O) groups is 2. The molecular weight excluding hydrogens is 348 g/mol. The molecule has 0 unspecified atom stereocenters. The van der Waals surface area contributed by atoms with Gasteiger partial charge in [-0.3, -0.25) is 9.59 Å². The molecule has 28 heavy (non-hydrogen) atoms. The second-order valence-corrected chi connectivity index (χ2v) is 7.04. The molecule has 4 rings (SSSR count). The minimum Gasteiger partial charge on any atom is -0.323 e. The van der Waals surface area contributed by atoms with Crippen LogP contribution in [0.25, 0.3) is 16.8 Å². The van der Waals surface area contributed by atoms with Gasteiger partial charge in [0.2, 0.25) is 11.8 Å². The van der Waals surface area contributed by atoms with E-state index >= 15 is 0 Å². The summed E-state index contributed by atoms with van der Waals surface area (Å²) in [6, 6.07) is 19.8. The number of amides is 2. The molecule has 4 heteroatoms. The van der Waals surface area contributed by atoms with Gasteiger partial charge in [-0.2, -0.15) is 0 Å². The van der Waals surface area contributed by atoms with E-state index < -0.39 is 0 Å². The van der Waals surface area contributed by atoms with E-state index in [0.29, 0.717) is 6.42 Å². The van der Waals surface area contributed by atoms with Crippen molar-refractivity contribution < 1.29 is 9.59 Å². The molecule has 0 aliphatic carbocycles. The van der Waals surface area contributed by atoms with E-state index in [2.05, 4.69) is 23.5 Å². The summed E-state index contributed by atoms with van der Waals surface area (Å²) < 4.78 is 0. The Bertz CT molecular complexity index is 1080. The highest BCUT2D eigenvalue weighted by Crippen LogP contribution is 2.27. The van der Waals surface area contributed by atoms with Crippen LogP contribution in [0.5, 0.6) is 0 Å². The lowest BCUT2D eigenvalue weighted by atomic mass is 10.0. The number of carbonyl (C=O) groups excluding carboxylic acids is 2. The van der Waals surface area contributed by atoms with Crippen molar-refractivity contribution in [1.82, 2.24) is 0 Å². The first-order chi connectivity index (χ1) is 13.6. The Labute approximate surface area is 164 Å². The largest absolute Gasteiger partial charge is 0.323 e. The van der Waals surface area contributed by atoms with Crippen molar-refractivity contribution in [3.05, 3.63) is 77.9 Å². The average Bonchev–Trinajstić information content (AvgIpc) is 3.12. The second kappa shape index (κ2) is 7.69. The van der Waals surface area contributed by atoms with Gasteiger partial charge >= 0.3 is 0 Å². The fourth-order valence-corrected chi connectivity index (χ4v) is 3.68. The number of aryl methyl sites for hydroxylation is 1. The lowest BCUT2D eigenvalue weighted by molar-refractivity contribution is -0.117. The minimum atomic E-state index is -0.183. The molecule has 0 saturated carbocycles. The van der Waals surface area contributed by atoms with Gasteiger partial charge in [-0.1, -0.05) is 42.5 Å². The van der Waals surface area contributed by atoms with Gasteiger partial charge in [-0.05, 0) is 59.5 Å². The Balaban J connectivity index is 1.48. The molecule has 1 N–H and O–H groups in total. The number of nitrogens with one attached hydrogen (secondary N) is 1. The van der Waals surface area contributed by atoms with Crippen molar-refractivity contribution in [2.75, 3.05) is 16.8 Å². The van der Waals surface area contributed by atoms with E-state index in [4.69, 9.17) is 0 Å². The zero-order valence-electron chi connectivity index (χ0n) is 15.8. The molecule has 140 valence electrons. The van der Waals surface area contributed by atoms with E-state index in [0.717, 1.165) is 46.2 Å². The van der Waals surface area contributed by atoms with Crippen molar-refractivity contribution in [3.8, 4) is 0 Å². The number of hydrogen-bond donors (Lipinski definition) is 1. The first-order valence-corrected chi connectivity index (χ1v) is 9.50. The van der Waals surface area contributed by atoms with Gasteiger partial charge in [0.25, 0.3) is 0 Å². The maximum Gasteiger partial charge on any atom is 0.248 e. The van der Waals surface area contributed by atoms with Crippen LogP contribution in [0.1, 0.15) is 24.0 Å². The summed E-state index contributed by atoms with van der Waals surface area (Å²) in [6.45, 7) is 2.72. The van der Waals surface area contributed by atoms with Crippen LogP contribution < -0.4 is 10.2 Å². The summed E-state index contributed by atoms with van der Waals surface area (Å²) in [6.07, 6.45) is 4.89. The highest BCUT2D eigenvalue weighted by atomic mass is 16.2. The normalized spacial score (nSPS) is 14.2. The molecule has 0 atom stereocenters. The summed E-state index contributed by atoms with van der Waals surface area (Å²) in [5, 5.41) is 5.16. The van der Waals surface area contributed by atoms with Gasteiger partial charge in [-0.15, -0.1) is 0 Å². The van der Waals surface area contributed by atoms with Gasteiger partial charge in [0.1, 0.15) is 0 Å². The third-order valence-electron chi connectivity index (χ3n) is 5.07. The van der Waals surface area contributed by atoms with Gasteiger partial charge < -0.3 is 10.2 Å². The lowest BCUT2D eigenvalue weighted by Gasteiger charge is -2.19. The van der Waals surface area contributed by atoms with Crippen LogP contribution >= 0.6 is 0 Å². The molecule has 1 aliphatic rings. The third kappa shape index (κ3) is 3.67. The van der Waals surface area contributed by atoms with Crippen molar-refractivity contribution in [1.29, 1.82) is 0 Å². The third-order valence-corrected chi connectivity index (χ3v) is 5.07. The maximum absolute atomic E-state index is 12.4. The van der Waals surface area contributed by atoms with E-state index in [-0.39, 0.29) is 11.8 Å². The SMILES string of the molecule is Cc1cc(NC(=O)/C=C/c2cccc3ccccc23)ccc1N1CCCC1=O. The van der Waals surface area contributed by atoms with Crippen LogP contribution in [0.4, 0.5) is 11.4 Å². The lowest BCUT2D eigenvalue weighted by Crippen LogP contribution is -2.24. The smallest absolute Gasteiger partial charge is 0.248 e. The first kappa shape index (κ1) is 18.0. The van der Waals surface area contributed by atoms with Crippen LogP contribution in [0, 0.1) is 6.92 Å². The van der Waals surface area contributed by atoms with E-state index in [1.165, 1.54) is 0 Å². The highest BCUT2D eigenvalue weighted by Gasteiger charge is 2.22. The van der Waals surface area contributed by atoms with Gasteiger partial charge in [0, 0.05) is 30.4 Å². The maximum atomic E-state index is 12.4. The Morgan fingerprint density at radius 2 is 1.89 bits per heavy atom. The Morgan fingerprint density at radius 1 is 1.07 bits per heavy atom. The summed E-state index contributed by atoms with van der Waals surface area (Å²) in [7, 11) is 0. The monoisotopic (exact) mass is 370 g/mol. The summed E-state index contributed by atoms with van der Waals surface area (Å²) in [5.74, 6) is -0.0183. The fraction of sp³-hybridized carbons (Fsp3) is 0.167. The first-order valence-electron chi connectivity index (χ1n) is 9.50. The van der Waals surface area contributed by atoms with Crippen LogP contribution in [0.2, 0.25) is 0 Å². The van der Waals surface area contributed by atoms with E-state index in [9.17, 15) is 9.59 Å². The molecule has 1 heterocycles. The Kier molecular flexibility index (Phi) is 4.94. The molecule has 0 aromatic heterocycles. The number of nitrogens with zero attached hydrogens (tertiary/aromatic N) is 1. The number of benzene rings is 3. The van der Waals surface area contributed by atoms with Crippen molar-refractivity contribution >= 4 is 40.0 Å². The van der Waals surface area contributed by atoms with Crippen LogP contribution in [0.15, 0.2) is 66.7 Å². The quantitative estimate of drug-likeness (QED) is 0.662. The number of fused-ring (bicyclic) bond motifs is 1. The summed E-state index contributed by atoms with van der Waals surface area (Å²) in [4.78, 5) is 26.1. The molecule has 3 aromatic rings. The van der Waals surface area contributed by atoms with Crippen molar-refractivity contribution in [2.24, 2.45) is 0 Å². The van der Waals surface area contributed by atoms with E-state index in [1.807, 2.05) is 60.4 Å². The Morgan fingerprint density at radius 3 is 2.68 bits per heavy atom. The van der Waals surface area contributed by atoms with Gasteiger partial charge in [-0.25, -0.2) is 0 Å². The summed E-state index contributed by atoms with van der Waals surface area (Å²) in [5.41, 5.74) is 3.63. The molecular formula is C24H22N2O2. The zero-order valence-corrected chi connectivity index (χ0v) is 15.8. The van der Waals surface area contributed by atoms with Crippen molar-refractivity contribution in [2.45, 2.75) is 19.8 Å². The number of rotatable bonds is 4. The van der Waals surface area contributed by atoms with Gasteiger partial charge in [0.15, 0.2) is 0 Å². The zero-order chi connectivity index (χ0) is 19.5. The van der Waals surface area contributed by atoms with Crippen LogP contribution in [-0.4, -0.2) is 18.4 Å².